The van der Waals surface area contributed by atoms with Crippen LogP contribution in [0.25, 0.3) is 0 Å². The fourth-order valence-corrected chi connectivity index (χ4v) is 2.00. The van der Waals surface area contributed by atoms with E-state index in [-0.39, 0.29) is 17.8 Å². The lowest BCUT2D eigenvalue weighted by Gasteiger charge is -2.12. The van der Waals surface area contributed by atoms with Crippen LogP contribution in [0, 0.1) is 13.8 Å². The lowest BCUT2D eigenvalue weighted by atomic mass is 10.1. The van der Waals surface area contributed by atoms with E-state index in [0.717, 1.165) is 11.3 Å². The second-order valence-electron chi connectivity index (χ2n) is 4.39. The summed E-state index contributed by atoms with van der Waals surface area (Å²) < 4.78 is 5.09. The summed E-state index contributed by atoms with van der Waals surface area (Å²) in [6, 6.07) is -0.206. The highest BCUT2D eigenvalue weighted by Crippen LogP contribution is 2.20. The number of carbonyl (C=O) groups excluding carboxylic acids is 1. The van der Waals surface area contributed by atoms with Gasteiger partial charge < -0.3 is 9.84 Å². The molecule has 7 heteroatoms. The number of aryl methyl sites for hydroxylation is 3. The smallest absolute Gasteiger partial charge is 0.291 e. The van der Waals surface area contributed by atoms with Gasteiger partial charge in [0.25, 0.3) is 5.91 Å². The molecule has 0 aliphatic heterocycles. The highest BCUT2D eigenvalue weighted by molar-refractivity contribution is 5.90. The molecule has 102 valence electrons. The number of carbonyl (C=O) groups is 1. The summed E-state index contributed by atoms with van der Waals surface area (Å²) in [5, 5.41) is 13.3. The summed E-state index contributed by atoms with van der Waals surface area (Å²) in [6.07, 6.45) is 0.708. The van der Waals surface area contributed by atoms with Gasteiger partial charge in [0, 0.05) is 12.0 Å². The van der Waals surface area contributed by atoms with Gasteiger partial charge in [-0.1, -0.05) is 12.1 Å². The van der Waals surface area contributed by atoms with Crippen molar-refractivity contribution < 1.29 is 9.32 Å². The molecule has 2 heterocycles. The number of amides is 1. The van der Waals surface area contributed by atoms with E-state index in [1.807, 2.05) is 27.7 Å². The molecule has 0 saturated heterocycles. The Morgan fingerprint density at radius 2 is 2.21 bits per heavy atom. The lowest BCUT2D eigenvalue weighted by Crippen LogP contribution is -2.28. The van der Waals surface area contributed by atoms with Crippen molar-refractivity contribution in [1.29, 1.82) is 0 Å². The standard InChI is InChI=1S/C12H17N5O2/c1-5-9-14-11(16-15-9)12(18)13-6(2)10-7(3)17-19-8(10)4/h6H,5H2,1-4H3,(H,13,18)(H,14,15,16). The molecule has 0 fully saturated rings. The summed E-state index contributed by atoms with van der Waals surface area (Å²) in [5.74, 6) is 1.23. The SMILES string of the molecule is CCc1nc(C(=O)NC(C)c2c(C)noc2C)n[nH]1. The maximum atomic E-state index is 12.0. The van der Waals surface area contributed by atoms with Crippen molar-refractivity contribution in [3.05, 3.63) is 28.7 Å². The van der Waals surface area contributed by atoms with Crippen molar-refractivity contribution in [2.75, 3.05) is 0 Å². The number of rotatable bonds is 4. The number of aromatic amines is 1. The van der Waals surface area contributed by atoms with Crippen LogP contribution in [-0.4, -0.2) is 26.2 Å². The molecule has 0 radical (unpaired) electrons. The Labute approximate surface area is 110 Å². The molecule has 0 spiro atoms. The Morgan fingerprint density at radius 1 is 1.47 bits per heavy atom. The second-order valence-corrected chi connectivity index (χ2v) is 4.39. The molecule has 1 amide bonds. The summed E-state index contributed by atoms with van der Waals surface area (Å²) in [4.78, 5) is 16.1. The summed E-state index contributed by atoms with van der Waals surface area (Å²) in [7, 11) is 0. The van der Waals surface area contributed by atoms with Crippen LogP contribution in [0.3, 0.4) is 0 Å². The van der Waals surface area contributed by atoms with Crippen LogP contribution >= 0.6 is 0 Å². The van der Waals surface area contributed by atoms with E-state index < -0.39 is 0 Å². The van der Waals surface area contributed by atoms with E-state index in [1.54, 1.807) is 0 Å². The van der Waals surface area contributed by atoms with Gasteiger partial charge in [-0.05, 0) is 20.8 Å². The molecule has 19 heavy (non-hydrogen) atoms. The predicted octanol–water partition coefficient (Wildman–Crippen LogP) is 1.46. The topological polar surface area (TPSA) is 96.7 Å². The fraction of sp³-hybridized carbons (Fsp3) is 0.500. The quantitative estimate of drug-likeness (QED) is 0.870. The molecular weight excluding hydrogens is 246 g/mol. The molecule has 2 N–H and O–H groups in total. The van der Waals surface area contributed by atoms with Crippen LogP contribution < -0.4 is 5.32 Å². The largest absolute Gasteiger partial charge is 0.361 e. The number of nitrogens with zero attached hydrogens (tertiary/aromatic N) is 3. The Morgan fingerprint density at radius 3 is 2.74 bits per heavy atom. The van der Waals surface area contributed by atoms with Crippen LogP contribution in [0.5, 0.6) is 0 Å². The third-order valence-corrected chi connectivity index (χ3v) is 2.94. The zero-order valence-corrected chi connectivity index (χ0v) is 11.4. The first-order valence-corrected chi connectivity index (χ1v) is 6.17. The summed E-state index contributed by atoms with van der Waals surface area (Å²) >= 11 is 0. The maximum absolute atomic E-state index is 12.0. The van der Waals surface area contributed by atoms with Gasteiger partial charge in [-0.3, -0.25) is 9.89 Å². The van der Waals surface area contributed by atoms with Crippen molar-refractivity contribution in [2.45, 2.75) is 40.2 Å². The molecule has 7 nitrogen and oxygen atoms in total. The summed E-state index contributed by atoms with van der Waals surface area (Å²) in [5.41, 5.74) is 1.66. The van der Waals surface area contributed by atoms with Gasteiger partial charge in [-0.15, -0.1) is 5.10 Å². The Kier molecular flexibility index (Phi) is 3.64. The van der Waals surface area contributed by atoms with Gasteiger partial charge in [0.05, 0.1) is 11.7 Å². The van der Waals surface area contributed by atoms with Crippen LogP contribution in [0.1, 0.15) is 53.4 Å². The number of aromatic nitrogens is 4. The van der Waals surface area contributed by atoms with Gasteiger partial charge in [-0.2, -0.15) is 0 Å². The molecular formula is C12H17N5O2. The van der Waals surface area contributed by atoms with Crippen molar-refractivity contribution in [1.82, 2.24) is 25.7 Å². The molecule has 1 unspecified atom stereocenters. The van der Waals surface area contributed by atoms with E-state index in [9.17, 15) is 4.79 Å². The van der Waals surface area contributed by atoms with E-state index in [2.05, 4.69) is 25.7 Å². The van der Waals surface area contributed by atoms with Crippen LogP contribution in [0.4, 0.5) is 0 Å². The van der Waals surface area contributed by atoms with Crippen LogP contribution in [-0.2, 0) is 6.42 Å². The predicted molar refractivity (Wildman–Crippen MR) is 67.6 cm³/mol. The fourth-order valence-electron chi connectivity index (χ4n) is 2.00. The highest BCUT2D eigenvalue weighted by Gasteiger charge is 2.20. The monoisotopic (exact) mass is 263 g/mol. The molecule has 0 bridgehead atoms. The third-order valence-electron chi connectivity index (χ3n) is 2.94. The Bertz CT molecular complexity index is 567. The molecule has 0 saturated carbocycles. The molecule has 2 rings (SSSR count). The molecule has 2 aromatic heterocycles. The molecule has 1 atom stereocenters. The number of nitrogens with one attached hydrogen (secondary N) is 2. The average molecular weight is 263 g/mol. The van der Waals surface area contributed by atoms with Gasteiger partial charge in [-0.25, -0.2) is 4.98 Å². The van der Waals surface area contributed by atoms with E-state index in [0.29, 0.717) is 18.0 Å². The number of hydrogen-bond donors (Lipinski definition) is 2. The first-order valence-electron chi connectivity index (χ1n) is 6.17. The first kappa shape index (κ1) is 13.3. The zero-order valence-electron chi connectivity index (χ0n) is 11.4. The number of hydrogen-bond acceptors (Lipinski definition) is 5. The van der Waals surface area contributed by atoms with Crippen LogP contribution in [0.15, 0.2) is 4.52 Å². The minimum absolute atomic E-state index is 0.149. The Hall–Kier alpha value is -2.18. The highest BCUT2D eigenvalue weighted by atomic mass is 16.5. The van der Waals surface area contributed by atoms with Crippen molar-refractivity contribution in [2.24, 2.45) is 0 Å². The van der Waals surface area contributed by atoms with E-state index in [1.165, 1.54) is 0 Å². The first-order chi connectivity index (χ1) is 9.02. The minimum Gasteiger partial charge on any atom is -0.361 e. The molecule has 0 aliphatic rings. The maximum Gasteiger partial charge on any atom is 0.291 e. The lowest BCUT2D eigenvalue weighted by molar-refractivity contribution is 0.0929. The van der Waals surface area contributed by atoms with Gasteiger partial charge in [0.2, 0.25) is 5.82 Å². The van der Waals surface area contributed by atoms with E-state index in [4.69, 9.17) is 4.52 Å². The van der Waals surface area contributed by atoms with E-state index >= 15 is 0 Å². The Balaban J connectivity index is 2.10. The van der Waals surface area contributed by atoms with Crippen molar-refractivity contribution in [3.63, 3.8) is 0 Å². The molecule has 0 aromatic carbocycles. The molecule has 2 aromatic rings. The zero-order chi connectivity index (χ0) is 14.0. The van der Waals surface area contributed by atoms with Crippen molar-refractivity contribution in [3.8, 4) is 0 Å². The van der Waals surface area contributed by atoms with Crippen molar-refractivity contribution >= 4 is 5.91 Å². The van der Waals surface area contributed by atoms with Crippen LogP contribution in [0.2, 0.25) is 0 Å². The molecule has 0 aliphatic carbocycles. The van der Waals surface area contributed by atoms with Gasteiger partial charge in [0.15, 0.2) is 0 Å². The van der Waals surface area contributed by atoms with Gasteiger partial charge >= 0.3 is 0 Å². The summed E-state index contributed by atoms with van der Waals surface area (Å²) in [6.45, 7) is 7.48. The second kappa shape index (κ2) is 5.21. The normalized spacial score (nSPS) is 12.4. The number of H-pyrrole nitrogens is 1. The average Bonchev–Trinajstić information content (AvgIpc) is 2.96. The van der Waals surface area contributed by atoms with Gasteiger partial charge in [0.1, 0.15) is 11.6 Å². The third kappa shape index (κ3) is 2.64. The minimum atomic E-state index is -0.316.